The lowest BCUT2D eigenvalue weighted by atomic mass is 9.51. The van der Waals surface area contributed by atoms with Crippen molar-refractivity contribution in [3.05, 3.63) is 71.5 Å². The third kappa shape index (κ3) is 5.52. The van der Waals surface area contributed by atoms with Crippen LogP contribution in [-0.2, 0) is 4.79 Å². The molecule has 0 radical (unpaired) electrons. The van der Waals surface area contributed by atoms with Crippen molar-refractivity contribution < 1.29 is 9.90 Å². The van der Waals surface area contributed by atoms with Crippen molar-refractivity contribution in [1.29, 1.82) is 0 Å². The van der Waals surface area contributed by atoms with Crippen LogP contribution in [-0.4, -0.2) is 27.4 Å². The van der Waals surface area contributed by atoms with Crippen LogP contribution in [0.25, 0.3) is 0 Å². The molecule has 0 aliphatic heterocycles. The number of benzene rings is 2. The van der Waals surface area contributed by atoms with E-state index in [9.17, 15) is 9.90 Å². The van der Waals surface area contributed by atoms with Crippen molar-refractivity contribution in [3.63, 3.8) is 0 Å². The van der Waals surface area contributed by atoms with Gasteiger partial charge in [0.1, 0.15) is 11.3 Å². The molecule has 0 saturated carbocycles. The number of rotatable bonds is 5. The molecule has 1 amide bonds. The van der Waals surface area contributed by atoms with Crippen LogP contribution < -0.4 is 16.7 Å². The van der Waals surface area contributed by atoms with Crippen LogP contribution in [0.1, 0.15) is 12.5 Å². The standard InChI is InChI=1S/C19H18BCl3N2O2/c1-12-8-10-15(11-9-12)20(14-6-4-3-5-7-14)25-17(19(21,22)23)16(13(2)26)18(24)27/h3-11,26H,1-2H3,(H2,24,27). The second-order valence-electron chi connectivity index (χ2n) is 6.02. The lowest BCUT2D eigenvalue weighted by molar-refractivity contribution is -0.114. The average Bonchev–Trinajstić information content (AvgIpc) is 2.58. The molecule has 0 aliphatic carbocycles. The smallest absolute Gasteiger partial charge is 0.344 e. The molecule has 27 heavy (non-hydrogen) atoms. The molecule has 3 N–H and O–H groups in total. The van der Waals surface area contributed by atoms with Gasteiger partial charge in [-0.15, -0.1) is 0 Å². The van der Waals surface area contributed by atoms with E-state index >= 15 is 0 Å². The molecule has 4 nitrogen and oxygen atoms in total. The maximum Gasteiger partial charge on any atom is 0.344 e. The van der Waals surface area contributed by atoms with Crippen molar-refractivity contribution in [1.82, 2.24) is 0 Å². The summed E-state index contributed by atoms with van der Waals surface area (Å²) < 4.78 is -2.06. The molecule has 140 valence electrons. The zero-order chi connectivity index (χ0) is 20.2. The van der Waals surface area contributed by atoms with E-state index in [0.717, 1.165) is 16.5 Å². The van der Waals surface area contributed by atoms with Crippen LogP contribution in [0.3, 0.4) is 0 Å². The summed E-state index contributed by atoms with van der Waals surface area (Å²) in [6.07, 6.45) is 0. The Hall–Kier alpha value is -1.95. The third-order valence-electron chi connectivity index (χ3n) is 3.88. The summed E-state index contributed by atoms with van der Waals surface area (Å²) in [5, 5.41) is 9.93. The highest BCUT2D eigenvalue weighted by molar-refractivity contribution is 6.87. The van der Waals surface area contributed by atoms with Gasteiger partial charge < -0.3 is 15.7 Å². The molecular weight excluding hydrogens is 405 g/mol. The topological polar surface area (TPSA) is 75.7 Å². The number of hydrogen-bond acceptors (Lipinski definition) is 3. The zero-order valence-corrected chi connectivity index (χ0v) is 17.1. The first kappa shape index (κ1) is 21.4. The maximum atomic E-state index is 11.9. The van der Waals surface area contributed by atoms with Gasteiger partial charge in [-0.3, -0.25) is 4.79 Å². The fourth-order valence-corrected chi connectivity index (χ4v) is 3.03. The van der Waals surface area contributed by atoms with E-state index in [1.54, 1.807) is 0 Å². The first-order valence-electron chi connectivity index (χ1n) is 8.07. The van der Waals surface area contributed by atoms with Gasteiger partial charge in [-0.05, 0) is 24.8 Å². The van der Waals surface area contributed by atoms with E-state index in [0.29, 0.717) is 0 Å². The van der Waals surface area contributed by atoms with Crippen molar-refractivity contribution in [2.75, 3.05) is 0 Å². The van der Waals surface area contributed by atoms with E-state index in [-0.39, 0.29) is 17.0 Å². The summed E-state index contributed by atoms with van der Waals surface area (Å²) in [7, 11) is 0. The molecule has 0 saturated heterocycles. The minimum absolute atomic E-state index is 0.213. The van der Waals surface area contributed by atoms with E-state index in [4.69, 9.17) is 40.5 Å². The number of primary amides is 1. The zero-order valence-electron chi connectivity index (χ0n) is 14.8. The van der Waals surface area contributed by atoms with Crippen LogP contribution in [0.5, 0.6) is 0 Å². The predicted octanol–water partition coefficient (Wildman–Crippen LogP) is 3.23. The fourth-order valence-electron chi connectivity index (χ4n) is 2.60. The second kappa shape index (κ2) is 8.83. The Morgan fingerprint density at radius 3 is 2.00 bits per heavy atom. The van der Waals surface area contributed by atoms with Crippen LogP contribution in [0.4, 0.5) is 0 Å². The number of hydrogen-bond donors (Lipinski definition) is 2. The highest BCUT2D eigenvalue weighted by atomic mass is 35.6. The van der Waals surface area contributed by atoms with Gasteiger partial charge in [-0.1, -0.05) is 95.0 Å². The summed E-state index contributed by atoms with van der Waals surface area (Å²) in [6, 6.07) is 17.1. The average molecular weight is 424 g/mol. The summed E-state index contributed by atoms with van der Waals surface area (Å²) in [5.41, 5.74) is 7.61. The molecule has 0 unspecified atom stereocenters. The molecule has 2 aromatic carbocycles. The fraction of sp³-hybridized carbons (Fsp3) is 0.158. The first-order valence-corrected chi connectivity index (χ1v) is 9.21. The van der Waals surface area contributed by atoms with Crippen molar-refractivity contribution in [2.45, 2.75) is 17.6 Å². The molecule has 2 aromatic rings. The number of allylic oxidation sites excluding steroid dienone is 1. The Kier molecular flexibility index (Phi) is 6.98. The molecule has 0 fully saturated rings. The first-order chi connectivity index (χ1) is 12.6. The monoisotopic (exact) mass is 422 g/mol. The van der Waals surface area contributed by atoms with Crippen LogP contribution in [0, 0.1) is 6.92 Å². The summed E-state index contributed by atoms with van der Waals surface area (Å²) >= 11 is 18.2. The number of halogens is 3. The summed E-state index contributed by atoms with van der Waals surface area (Å²) in [4.78, 5) is 16.4. The lowest BCUT2D eigenvalue weighted by Crippen LogP contribution is -2.44. The Bertz CT molecular complexity index is 872. The lowest BCUT2D eigenvalue weighted by Gasteiger charge is -2.20. The minimum Gasteiger partial charge on any atom is -0.512 e. The van der Waals surface area contributed by atoms with Crippen LogP contribution in [0.2, 0.25) is 0 Å². The number of amides is 1. The van der Waals surface area contributed by atoms with Gasteiger partial charge >= 0.3 is 6.85 Å². The van der Waals surface area contributed by atoms with Crippen molar-refractivity contribution in [2.24, 2.45) is 10.6 Å². The molecule has 0 spiro atoms. The molecular formula is C19H18BCl3N2O2. The Balaban J connectivity index is 2.74. The molecule has 8 heteroatoms. The van der Waals surface area contributed by atoms with Crippen LogP contribution >= 0.6 is 34.8 Å². The van der Waals surface area contributed by atoms with Gasteiger partial charge in [0.25, 0.3) is 5.91 Å². The van der Waals surface area contributed by atoms with Gasteiger partial charge in [0.05, 0.1) is 5.71 Å². The van der Waals surface area contributed by atoms with Gasteiger partial charge in [0.15, 0.2) is 0 Å². The molecule has 0 aromatic heterocycles. The van der Waals surface area contributed by atoms with Gasteiger partial charge in [0, 0.05) is 0 Å². The molecule has 0 bridgehead atoms. The second-order valence-corrected chi connectivity index (χ2v) is 8.31. The minimum atomic E-state index is -2.06. The molecule has 0 atom stereocenters. The van der Waals surface area contributed by atoms with Crippen molar-refractivity contribution >= 4 is 64.2 Å². The van der Waals surface area contributed by atoms with E-state index < -0.39 is 16.5 Å². The highest BCUT2D eigenvalue weighted by Gasteiger charge is 2.36. The largest absolute Gasteiger partial charge is 0.512 e. The number of aliphatic hydroxyl groups is 1. The summed E-state index contributed by atoms with van der Waals surface area (Å²) in [6.45, 7) is 2.70. The number of alkyl halides is 3. The quantitative estimate of drug-likeness (QED) is 0.255. The van der Waals surface area contributed by atoms with Gasteiger partial charge in [0.2, 0.25) is 3.79 Å². The van der Waals surface area contributed by atoms with E-state index in [2.05, 4.69) is 4.90 Å². The Morgan fingerprint density at radius 1 is 1.04 bits per heavy atom. The highest BCUT2D eigenvalue weighted by Crippen LogP contribution is 2.32. The number of nitrogens with two attached hydrogens (primary N) is 1. The normalized spacial score (nSPS) is 13.1. The van der Waals surface area contributed by atoms with Gasteiger partial charge in [-0.2, -0.15) is 0 Å². The molecule has 0 aliphatic rings. The third-order valence-corrected chi connectivity index (χ3v) is 4.42. The van der Waals surface area contributed by atoms with E-state index in [1.165, 1.54) is 6.92 Å². The molecule has 0 heterocycles. The molecule has 2 rings (SSSR count). The predicted molar refractivity (Wildman–Crippen MR) is 115 cm³/mol. The number of carbonyl (C=O) groups is 1. The SMILES string of the molecule is CC(O)=C(C(N)=O)C(=NB(c1ccccc1)c1ccc(C)cc1)C(Cl)(Cl)Cl. The number of nitrogens with zero attached hydrogens (tertiary/aromatic N) is 1. The summed E-state index contributed by atoms with van der Waals surface area (Å²) in [5.74, 6) is -1.31. The Morgan fingerprint density at radius 2 is 1.56 bits per heavy atom. The van der Waals surface area contributed by atoms with Crippen molar-refractivity contribution in [3.8, 4) is 0 Å². The number of carbonyl (C=O) groups excluding carboxylic acids is 1. The number of aryl methyl sites for hydroxylation is 1. The maximum absolute atomic E-state index is 11.9. The van der Waals surface area contributed by atoms with Crippen LogP contribution in [0.15, 0.2) is 70.8 Å². The van der Waals surface area contributed by atoms with E-state index in [1.807, 2.05) is 61.5 Å². The number of aliphatic hydroxyl groups excluding tert-OH is 1. The Labute approximate surface area is 173 Å². The van der Waals surface area contributed by atoms with Gasteiger partial charge in [-0.25, -0.2) is 0 Å².